The van der Waals surface area contributed by atoms with Gasteiger partial charge in [0, 0.05) is 6.61 Å². The summed E-state index contributed by atoms with van der Waals surface area (Å²) in [5.41, 5.74) is 6.21. The van der Waals surface area contributed by atoms with Gasteiger partial charge in [-0.25, -0.2) is 0 Å². The summed E-state index contributed by atoms with van der Waals surface area (Å²) in [5, 5.41) is 0. The summed E-state index contributed by atoms with van der Waals surface area (Å²) in [6, 6.07) is 7.82. The van der Waals surface area contributed by atoms with Crippen molar-refractivity contribution < 1.29 is 19.1 Å². The highest BCUT2D eigenvalue weighted by molar-refractivity contribution is 5.87. The highest BCUT2D eigenvalue weighted by Crippen LogP contribution is 2.42. The Morgan fingerprint density at radius 2 is 1.64 bits per heavy atom. The molecule has 2 aliphatic rings. The zero-order valence-electron chi connectivity index (χ0n) is 14.9. The molecule has 1 aromatic carbocycles. The topological polar surface area (TPSA) is 78.6 Å². The molecule has 25 heavy (non-hydrogen) atoms. The number of hydrogen-bond acceptors (Lipinski definition) is 4. The van der Waals surface area contributed by atoms with E-state index in [2.05, 4.69) is 0 Å². The predicted molar refractivity (Wildman–Crippen MR) is 94.1 cm³/mol. The number of nitrogens with two attached hydrogens (primary N) is 1. The Balaban J connectivity index is 1.94. The van der Waals surface area contributed by atoms with Crippen LogP contribution in [0.1, 0.15) is 56.6 Å². The third-order valence-electron chi connectivity index (χ3n) is 5.86. The Kier molecular flexibility index (Phi) is 5.13. The number of carbonyl (C=O) groups excluding carboxylic acids is 2. The van der Waals surface area contributed by atoms with Crippen molar-refractivity contribution in [2.45, 2.75) is 56.3 Å². The molecule has 1 saturated carbocycles. The van der Waals surface area contributed by atoms with Crippen molar-refractivity contribution in [1.29, 1.82) is 0 Å². The molecule has 1 atom stereocenters. The fourth-order valence-corrected chi connectivity index (χ4v) is 4.27. The first-order valence-corrected chi connectivity index (χ1v) is 9.21. The lowest BCUT2D eigenvalue weighted by Gasteiger charge is -2.35. The molecule has 1 unspecified atom stereocenters. The fraction of sp³-hybridized carbons (Fsp3) is 0.600. The van der Waals surface area contributed by atoms with Crippen LogP contribution in [0.25, 0.3) is 0 Å². The highest BCUT2D eigenvalue weighted by atomic mass is 16.5. The molecule has 0 spiro atoms. The number of hydrogen-bond donors (Lipinski definition) is 1. The number of rotatable bonds is 5. The Labute approximate surface area is 148 Å². The van der Waals surface area contributed by atoms with Crippen molar-refractivity contribution in [2.75, 3.05) is 19.8 Å². The molecule has 1 amide bonds. The van der Waals surface area contributed by atoms with Crippen LogP contribution in [0.5, 0.6) is 0 Å². The van der Waals surface area contributed by atoms with E-state index in [4.69, 9.17) is 15.2 Å². The Morgan fingerprint density at radius 1 is 1.04 bits per heavy atom. The minimum atomic E-state index is -0.748. The summed E-state index contributed by atoms with van der Waals surface area (Å²) < 4.78 is 10.8. The molecule has 1 aliphatic heterocycles. The molecule has 1 aromatic rings. The lowest BCUT2D eigenvalue weighted by Crippen LogP contribution is -2.42. The van der Waals surface area contributed by atoms with Crippen LogP contribution in [0.2, 0.25) is 0 Å². The molecular formula is C20H27NO4. The lowest BCUT2D eigenvalue weighted by molar-refractivity contribution is -0.151. The van der Waals surface area contributed by atoms with Gasteiger partial charge in [0.2, 0.25) is 5.91 Å². The Bertz CT molecular complexity index is 626. The van der Waals surface area contributed by atoms with Gasteiger partial charge in [-0.3, -0.25) is 9.59 Å². The normalized spacial score (nSPS) is 25.5. The number of primary amides is 1. The van der Waals surface area contributed by atoms with Crippen LogP contribution in [0.3, 0.4) is 0 Å². The van der Waals surface area contributed by atoms with Gasteiger partial charge in [-0.2, -0.15) is 0 Å². The molecule has 5 heteroatoms. The van der Waals surface area contributed by atoms with Gasteiger partial charge in [-0.1, -0.05) is 43.5 Å². The summed E-state index contributed by atoms with van der Waals surface area (Å²) in [4.78, 5) is 24.8. The van der Waals surface area contributed by atoms with Crippen molar-refractivity contribution in [3.05, 3.63) is 35.4 Å². The number of esters is 1. The monoisotopic (exact) mass is 345 g/mol. The maximum absolute atomic E-state index is 12.7. The second kappa shape index (κ2) is 7.16. The zero-order valence-corrected chi connectivity index (χ0v) is 14.9. The van der Waals surface area contributed by atoms with Crippen LogP contribution < -0.4 is 5.73 Å². The van der Waals surface area contributed by atoms with Gasteiger partial charge in [-0.05, 0) is 37.3 Å². The van der Waals surface area contributed by atoms with Crippen molar-refractivity contribution in [3.8, 4) is 0 Å². The minimum absolute atomic E-state index is 0.128. The highest BCUT2D eigenvalue weighted by Gasteiger charge is 2.45. The molecule has 1 saturated heterocycles. The number of carbonyl (C=O) groups is 2. The van der Waals surface area contributed by atoms with E-state index >= 15 is 0 Å². The van der Waals surface area contributed by atoms with E-state index in [-0.39, 0.29) is 11.9 Å². The summed E-state index contributed by atoms with van der Waals surface area (Å²) in [6.07, 6.45) is 5.44. The van der Waals surface area contributed by atoms with Crippen molar-refractivity contribution in [2.24, 2.45) is 5.73 Å². The molecule has 0 radical (unpaired) electrons. The summed E-state index contributed by atoms with van der Waals surface area (Å²) >= 11 is 0. The van der Waals surface area contributed by atoms with E-state index in [1.165, 1.54) is 0 Å². The average molecular weight is 345 g/mol. The van der Waals surface area contributed by atoms with Gasteiger partial charge in [-0.15, -0.1) is 0 Å². The SMILES string of the molecule is CCOC(=O)C1(c2ccc(C3(C(N)=O)CCOC3)cc2)CCCCC1. The van der Waals surface area contributed by atoms with E-state index in [1.54, 1.807) is 0 Å². The molecule has 1 aliphatic carbocycles. The largest absolute Gasteiger partial charge is 0.465 e. The van der Waals surface area contributed by atoms with Crippen LogP contribution in [0, 0.1) is 0 Å². The maximum Gasteiger partial charge on any atom is 0.316 e. The third-order valence-corrected chi connectivity index (χ3v) is 5.86. The maximum atomic E-state index is 12.7. The van der Waals surface area contributed by atoms with Gasteiger partial charge in [0.1, 0.15) is 0 Å². The minimum Gasteiger partial charge on any atom is -0.465 e. The van der Waals surface area contributed by atoms with Gasteiger partial charge in [0.05, 0.1) is 24.0 Å². The Hall–Kier alpha value is -1.88. The van der Waals surface area contributed by atoms with Gasteiger partial charge < -0.3 is 15.2 Å². The van der Waals surface area contributed by atoms with Crippen LogP contribution >= 0.6 is 0 Å². The van der Waals surface area contributed by atoms with E-state index in [0.717, 1.165) is 43.2 Å². The summed E-state index contributed by atoms with van der Waals surface area (Å²) in [6.45, 7) is 3.09. The summed E-state index contributed by atoms with van der Waals surface area (Å²) in [5.74, 6) is -0.480. The average Bonchev–Trinajstić information content (AvgIpc) is 3.14. The third kappa shape index (κ3) is 3.06. The van der Waals surface area contributed by atoms with E-state index in [1.807, 2.05) is 31.2 Å². The molecule has 5 nitrogen and oxygen atoms in total. The smallest absolute Gasteiger partial charge is 0.316 e. The van der Waals surface area contributed by atoms with Gasteiger partial charge in [0.15, 0.2) is 0 Å². The van der Waals surface area contributed by atoms with E-state index in [9.17, 15) is 9.59 Å². The van der Waals surface area contributed by atoms with Gasteiger partial charge >= 0.3 is 5.97 Å². The molecule has 2 N–H and O–H groups in total. The first kappa shape index (κ1) is 17.9. The molecule has 2 fully saturated rings. The zero-order chi connectivity index (χ0) is 17.9. The van der Waals surface area contributed by atoms with Crippen LogP contribution in [0.4, 0.5) is 0 Å². The predicted octanol–water partition coefficient (Wildman–Crippen LogP) is 2.59. The van der Waals surface area contributed by atoms with E-state index in [0.29, 0.717) is 26.2 Å². The Morgan fingerprint density at radius 3 is 2.12 bits per heavy atom. The lowest BCUT2D eigenvalue weighted by atomic mass is 9.68. The number of amides is 1. The van der Waals surface area contributed by atoms with Crippen molar-refractivity contribution >= 4 is 11.9 Å². The van der Waals surface area contributed by atoms with Crippen molar-refractivity contribution in [3.63, 3.8) is 0 Å². The molecule has 136 valence electrons. The standard InChI is InChI=1S/C20H27NO4/c1-2-25-18(23)19(10-4-3-5-11-19)15-6-8-16(9-7-15)20(17(21)22)12-13-24-14-20/h6-9H,2-5,10-14H2,1H3,(H2,21,22). The van der Waals surface area contributed by atoms with Crippen LogP contribution in [-0.2, 0) is 29.9 Å². The quantitative estimate of drug-likeness (QED) is 0.832. The molecule has 1 heterocycles. The molecular weight excluding hydrogens is 318 g/mol. The first-order valence-electron chi connectivity index (χ1n) is 9.21. The van der Waals surface area contributed by atoms with Crippen LogP contribution in [-0.4, -0.2) is 31.7 Å². The first-order chi connectivity index (χ1) is 12.0. The van der Waals surface area contributed by atoms with E-state index < -0.39 is 10.8 Å². The second-order valence-corrected chi connectivity index (χ2v) is 7.19. The molecule has 0 aromatic heterocycles. The number of benzene rings is 1. The second-order valence-electron chi connectivity index (χ2n) is 7.19. The van der Waals surface area contributed by atoms with Gasteiger partial charge in [0.25, 0.3) is 0 Å². The number of ether oxygens (including phenoxy) is 2. The summed E-state index contributed by atoms with van der Waals surface area (Å²) in [7, 11) is 0. The molecule has 3 rings (SSSR count). The fourth-order valence-electron chi connectivity index (χ4n) is 4.27. The molecule has 0 bridgehead atoms. The van der Waals surface area contributed by atoms with Crippen LogP contribution in [0.15, 0.2) is 24.3 Å². The van der Waals surface area contributed by atoms with Crippen molar-refractivity contribution in [1.82, 2.24) is 0 Å².